The molecule has 0 amide bonds. The zero-order valence-corrected chi connectivity index (χ0v) is 9.15. The van der Waals surface area contributed by atoms with Crippen LogP contribution in [0.4, 0.5) is 4.39 Å². The molecule has 15 heavy (non-hydrogen) atoms. The van der Waals surface area contributed by atoms with Gasteiger partial charge in [-0.3, -0.25) is 0 Å². The van der Waals surface area contributed by atoms with Crippen LogP contribution >= 0.6 is 0 Å². The first kappa shape index (κ1) is 10.5. The quantitative estimate of drug-likeness (QED) is 0.706. The number of nitrogens with two attached hydrogens (primary N) is 1. The molecule has 0 radical (unpaired) electrons. The Morgan fingerprint density at radius 2 is 2.27 bits per heavy atom. The summed E-state index contributed by atoms with van der Waals surface area (Å²) < 4.78 is 13.5. The Morgan fingerprint density at radius 1 is 1.53 bits per heavy atom. The van der Waals surface area contributed by atoms with Crippen molar-refractivity contribution < 1.29 is 4.39 Å². The molecule has 0 aromatic heterocycles. The van der Waals surface area contributed by atoms with Gasteiger partial charge in [-0.05, 0) is 24.8 Å². The molecule has 1 fully saturated rings. The molecule has 0 aromatic rings. The Labute approximate surface area is 90.5 Å². The predicted octanol–water partition coefficient (Wildman–Crippen LogP) is 3.05. The second-order valence-electron chi connectivity index (χ2n) is 4.75. The molecule has 0 spiro atoms. The third kappa shape index (κ3) is 2.01. The Hall–Kier alpha value is -0.980. The second kappa shape index (κ2) is 3.88. The van der Waals surface area contributed by atoms with Crippen molar-refractivity contribution in [2.45, 2.75) is 32.6 Å². The number of rotatable bonds is 3. The van der Waals surface area contributed by atoms with Crippen molar-refractivity contribution in [2.75, 3.05) is 6.54 Å². The number of hydrogen-bond donors (Lipinski definition) is 1. The molecule has 2 aliphatic carbocycles. The van der Waals surface area contributed by atoms with E-state index < -0.39 is 0 Å². The molecule has 2 aliphatic rings. The van der Waals surface area contributed by atoms with E-state index in [-0.39, 0.29) is 11.2 Å². The monoisotopic (exact) mass is 206 g/mol. The van der Waals surface area contributed by atoms with Gasteiger partial charge in [-0.15, -0.1) is 0 Å². The van der Waals surface area contributed by atoms with Crippen molar-refractivity contribution in [3.05, 3.63) is 35.2 Å². The minimum atomic E-state index is -0.208. The number of allylic oxidation sites excluding steroid dienone is 6. The van der Waals surface area contributed by atoms with E-state index in [0.717, 1.165) is 30.4 Å². The molecule has 2 heteroatoms. The maximum Gasteiger partial charge on any atom is 0.288 e. The van der Waals surface area contributed by atoms with E-state index in [0.29, 0.717) is 6.54 Å². The van der Waals surface area contributed by atoms with Gasteiger partial charge in [0.2, 0.25) is 0 Å². The Kier molecular flexibility index (Phi) is 2.72. The van der Waals surface area contributed by atoms with E-state index in [9.17, 15) is 4.39 Å². The largest absolute Gasteiger partial charge is 0.330 e. The molecule has 0 atom stereocenters. The van der Waals surface area contributed by atoms with Crippen LogP contribution in [-0.4, -0.2) is 6.54 Å². The molecule has 0 aromatic carbocycles. The highest BCUT2D eigenvalue weighted by Crippen LogP contribution is 2.46. The minimum Gasteiger partial charge on any atom is -0.330 e. The highest BCUT2D eigenvalue weighted by atomic mass is 19.1. The highest BCUT2D eigenvalue weighted by molar-refractivity contribution is 5.39. The average molecular weight is 206 g/mol. The van der Waals surface area contributed by atoms with Gasteiger partial charge in [0.05, 0.1) is 23.3 Å². The summed E-state index contributed by atoms with van der Waals surface area (Å²) in [5.41, 5.74) is 7.79. The molecule has 80 valence electrons. The van der Waals surface area contributed by atoms with Crippen LogP contribution in [0.1, 0.15) is 32.6 Å². The van der Waals surface area contributed by atoms with Gasteiger partial charge in [-0.1, -0.05) is 6.42 Å². The summed E-state index contributed by atoms with van der Waals surface area (Å²) >= 11 is 0. The number of halogens is 1. The SMILES string of the molecule is CC1=CC(CC2(CN)CCC2)=C(F)[C+]=C1. The normalized spacial score (nSPS) is 23.3. The fourth-order valence-electron chi connectivity index (χ4n) is 2.31. The third-order valence-corrected chi connectivity index (χ3v) is 3.52. The van der Waals surface area contributed by atoms with Gasteiger partial charge in [0.25, 0.3) is 5.83 Å². The Balaban J connectivity index is 2.15. The summed E-state index contributed by atoms with van der Waals surface area (Å²) in [6.07, 6.45) is 10.5. The van der Waals surface area contributed by atoms with Crippen molar-refractivity contribution in [3.63, 3.8) is 0 Å². The lowest BCUT2D eigenvalue weighted by atomic mass is 9.65. The molecule has 0 aliphatic heterocycles. The molecule has 0 saturated heterocycles. The zero-order chi connectivity index (χ0) is 10.9. The molecule has 1 nitrogen and oxygen atoms in total. The molecular weight excluding hydrogens is 189 g/mol. The van der Waals surface area contributed by atoms with Crippen molar-refractivity contribution in [1.82, 2.24) is 0 Å². The zero-order valence-electron chi connectivity index (χ0n) is 9.15. The first-order valence-electron chi connectivity index (χ1n) is 5.52. The third-order valence-electron chi connectivity index (χ3n) is 3.52. The van der Waals surface area contributed by atoms with Gasteiger partial charge in [-0.2, -0.15) is 4.39 Å². The molecule has 2 rings (SSSR count). The molecular formula is C13H17FN+. The van der Waals surface area contributed by atoms with Gasteiger partial charge in [0, 0.05) is 13.3 Å². The lowest BCUT2D eigenvalue weighted by molar-refractivity contribution is 0.145. The van der Waals surface area contributed by atoms with Gasteiger partial charge >= 0.3 is 0 Å². The van der Waals surface area contributed by atoms with Gasteiger partial charge < -0.3 is 5.73 Å². The average Bonchev–Trinajstić information content (AvgIpc) is 2.17. The van der Waals surface area contributed by atoms with Crippen LogP contribution in [0.3, 0.4) is 0 Å². The molecule has 0 unspecified atom stereocenters. The smallest absolute Gasteiger partial charge is 0.288 e. The van der Waals surface area contributed by atoms with Gasteiger partial charge in [0.1, 0.15) is 6.08 Å². The standard InChI is InChI=1S/C13H17FN/c1-10-3-4-12(14)11(7-10)8-13(9-15)5-2-6-13/h3,7H,2,5-6,8-9,15H2,1H3/q+1. The molecule has 0 heterocycles. The lowest BCUT2D eigenvalue weighted by Gasteiger charge is -2.40. The van der Waals surface area contributed by atoms with Crippen LogP contribution in [-0.2, 0) is 0 Å². The summed E-state index contributed by atoms with van der Waals surface area (Å²) in [5.74, 6) is -0.208. The van der Waals surface area contributed by atoms with Crippen molar-refractivity contribution in [3.8, 4) is 0 Å². The summed E-state index contributed by atoms with van der Waals surface area (Å²) in [5, 5.41) is 0. The minimum absolute atomic E-state index is 0.169. The van der Waals surface area contributed by atoms with Gasteiger partial charge in [-0.25, -0.2) is 0 Å². The molecule has 2 N–H and O–H groups in total. The highest BCUT2D eigenvalue weighted by Gasteiger charge is 2.38. The van der Waals surface area contributed by atoms with Crippen molar-refractivity contribution >= 4 is 0 Å². The second-order valence-corrected chi connectivity index (χ2v) is 4.75. The van der Waals surface area contributed by atoms with Gasteiger partial charge in [0.15, 0.2) is 0 Å². The number of hydrogen-bond acceptors (Lipinski definition) is 1. The molecule has 1 saturated carbocycles. The van der Waals surface area contributed by atoms with Crippen LogP contribution in [0.25, 0.3) is 0 Å². The fraction of sp³-hybridized carbons (Fsp3) is 0.538. The van der Waals surface area contributed by atoms with E-state index in [1.807, 2.05) is 13.0 Å². The van der Waals surface area contributed by atoms with E-state index in [4.69, 9.17) is 5.73 Å². The summed E-state index contributed by atoms with van der Waals surface area (Å²) in [4.78, 5) is 0. The van der Waals surface area contributed by atoms with Crippen LogP contribution in [0.5, 0.6) is 0 Å². The van der Waals surface area contributed by atoms with Crippen molar-refractivity contribution in [2.24, 2.45) is 11.1 Å². The van der Waals surface area contributed by atoms with E-state index in [1.54, 1.807) is 6.08 Å². The van der Waals surface area contributed by atoms with E-state index >= 15 is 0 Å². The maximum atomic E-state index is 13.5. The summed E-state index contributed by atoms with van der Waals surface area (Å²) in [7, 11) is 0. The Bertz CT molecular complexity index is 340. The first-order valence-corrected chi connectivity index (χ1v) is 5.52. The fourth-order valence-corrected chi connectivity index (χ4v) is 2.31. The van der Waals surface area contributed by atoms with E-state index in [1.165, 1.54) is 6.42 Å². The Morgan fingerprint density at radius 3 is 2.80 bits per heavy atom. The lowest BCUT2D eigenvalue weighted by Crippen LogP contribution is -2.37. The predicted molar refractivity (Wildman–Crippen MR) is 59.7 cm³/mol. The van der Waals surface area contributed by atoms with Crippen LogP contribution < -0.4 is 5.73 Å². The molecule has 0 bridgehead atoms. The topological polar surface area (TPSA) is 26.0 Å². The van der Waals surface area contributed by atoms with Crippen LogP contribution in [0, 0.1) is 11.5 Å². The maximum absolute atomic E-state index is 13.5. The first-order chi connectivity index (χ1) is 7.15. The summed E-state index contributed by atoms with van der Waals surface area (Å²) in [6, 6.07) is 0. The van der Waals surface area contributed by atoms with Crippen LogP contribution in [0.2, 0.25) is 0 Å². The van der Waals surface area contributed by atoms with E-state index in [2.05, 4.69) is 6.08 Å². The van der Waals surface area contributed by atoms with Crippen molar-refractivity contribution in [1.29, 1.82) is 0 Å². The summed E-state index contributed by atoms with van der Waals surface area (Å²) in [6.45, 7) is 2.63. The van der Waals surface area contributed by atoms with Crippen LogP contribution in [0.15, 0.2) is 29.1 Å².